The highest BCUT2D eigenvalue weighted by molar-refractivity contribution is 6.30. The fourth-order valence-electron chi connectivity index (χ4n) is 4.49. The van der Waals surface area contributed by atoms with Crippen LogP contribution in [0.2, 0.25) is 10.0 Å². The van der Waals surface area contributed by atoms with Crippen molar-refractivity contribution in [2.24, 2.45) is 0 Å². The standard InChI is InChI=1S/C22H23Cl2N5O/c1-28-12-15-10-16(23)4-8-19(15)29-20(13-28)26-27-22(29)14-2-6-18(7-3-14)30-21-9-5-17(24)11-25-21/h4-5,8-11,14,18H,2-3,6-7,12-13H2,1H3. The van der Waals surface area contributed by atoms with Crippen molar-refractivity contribution < 1.29 is 4.74 Å². The highest BCUT2D eigenvalue weighted by atomic mass is 35.5. The fraction of sp³-hybridized carbons (Fsp3) is 0.409. The van der Waals surface area contributed by atoms with Crippen LogP contribution in [0.1, 0.15) is 48.8 Å². The van der Waals surface area contributed by atoms with Gasteiger partial charge in [-0.05, 0) is 62.6 Å². The predicted molar refractivity (Wildman–Crippen MR) is 116 cm³/mol. The number of rotatable bonds is 3. The monoisotopic (exact) mass is 443 g/mol. The van der Waals surface area contributed by atoms with Crippen LogP contribution in [0.15, 0.2) is 36.5 Å². The Hall–Kier alpha value is -2.15. The van der Waals surface area contributed by atoms with E-state index in [0.717, 1.165) is 61.1 Å². The van der Waals surface area contributed by atoms with Crippen LogP contribution in [0.3, 0.4) is 0 Å². The zero-order valence-corrected chi connectivity index (χ0v) is 18.3. The van der Waals surface area contributed by atoms with Crippen LogP contribution in [-0.4, -0.2) is 37.8 Å². The highest BCUT2D eigenvalue weighted by Gasteiger charge is 2.30. The summed E-state index contributed by atoms with van der Waals surface area (Å²) < 4.78 is 8.31. The van der Waals surface area contributed by atoms with Gasteiger partial charge < -0.3 is 4.74 Å². The Morgan fingerprint density at radius 3 is 2.53 bits per heavy atom. The average molecular weight is 444 g/mol. The molecule has 1 aromatic carbocycles. The van der Waals surface area contributed by atoms with Gasteiger partial charge in [0.15, 0.2) is 5.82 Å². The lowest BCUT2D eigenvalue weighted by molar-refractivity contribution is 0.139. The van der Waals surface area contributed by atoms with Crippen LogP contribution in [0.4, 0.5) is 0 Å². The number of pyridine rings is 1. The number of benzene rings is 1. The van der Waals surface area contributed by atoms with Crippen molar-refractivity contribution in [2.75, 3.05) is 7.05 Å². The van der Waals surface area contributed by atoms with Crippen LogP contribution >= 0.6 is 23.2 Å². The summed E-state index contributed by atoms with van der Waals surface area (Å²) in [5, 5.41) is 10.5. The molecule has 0 saturated heterocycles. The topological polar surface area (TPSA) is 56.1 Å². The van der Waals surface area contributed by atoms with Gasteiger partial charge in [0.05, 0.1) is 17.3 Å². The first-order valence-electron chi connectivity index (χ1n) is 10.3. The van der Waals surface area contributed by atoms with E-state index in [1.807, 2.05) is 18.2 Å². The van der Waals surface area contributed by atoms with E-state index in [-0.39, 0.29) is 6.10 Å². The number of hydrogen-bond donors (Lipinski definition) is 0. The Bertz CT molecular complexity index is 1040. The quantitative estimate of drug-likeness (QED) is 0.568. The summed E-state index contributed by atoms with van der Waals surface area (Å²) in [6.45, 7) is 1.60. The second kappa shape index (κ2) is 8.17. The van der Waals surface area contributed by atoms with Crippen molar-refractivity contribution in [2.45, 2.75) is 50.8 Å². The first-order valence-corrected chi connectivity index (χ1v) is 11.0. The van der Waals surface area contributed by atoms with Gasteiger partial charge in [-0.25, -0.2) is 4.98 Å². The molecule has 1 saturated carbocycles. The van der Waals surface area contributed by atoms with Crippen LogP contribution in [-0.2, 0) is 13.1 Å². The van der Waals surface area contributed by atoms with Crippen LogP contribution < -0.4 is 4.74 Å². The lowest BCUT2D eigenvalue weighted by atomic mass is 9.86. The Morgan fingerprint density at radius 2 is 1.77 bits per heavy atom. The predicted octanol–water partition coefficient (Wildman–Crippen LogP) is 5.02. The van der Waals surface area contributed by atoms with E-state index in [4.69, 9.17) is 27.9 Å². The third-order valence-electron chi connectivity index (χ3n) is 5.92. The second-order valence-corrected chi connectivity index (χ2v) is 9.03. The van der Waals surface area contributed by atoms with Gasteiger partial charge in [0.2, 0.25) is 5.88 Å². The van der Waals surface area contributed by atoms with Gasteiger partial charge in [-0.1, -0.05) is 23.2 Å². The van der Waals surface area contributed by atoms with Gasteiger partial charge in [0.25, 0.3) is 0 Å². The van der Waals surface area contributed by atoms with Gasteiger partial charge in [-0.3, -0.25) is 9.47 Å². The minimum absolute atomic E-state index is 0.165. The van der Waals surface area contributed by atoms with Crippen molar-refractivity contribution in [3.8, 4) is 11.6 Å². The molecule has 2 aliphatic rings. The second-order valence-electron chi connectivity index (χ2n) is 8.16. The average Bonchev–Trinajstić information content (AvgIpc) is 3.07. The Morgan fingerprint density at radius 1 is 0.967 bits per heavy atom. The van der Waals surface area contributed by atoms with Gasteiger partial charge >= 0.3 is 0 Å². The van der Waals surface area contributed by atoms with Crippen LogP contribution in [0.5, 0.6) is 5.88 Å². The molecule has 0 bridgehead atoms. The molecule has 8 heteroatoms. The maximum absolute atomic E-state index is 6.27. The fourth-order valence-corrected chi connectivity index (χ4v) is 4.79. The summed E-state index contributed by atoms with van der Waals surface area (Å²) in [6.07, 6.45) is 5.73. The van der Waals surface area contributed by atoms with Crippen molar-refractivity contribution >= 4 is 23.2 Å². The number of halogens is 2. The summed E-state index contributed by atoms with van der Waals surface area (Å²) in [4.78, 5) is 6.50. The van der Waals surface area contributed by atoms with E-state index in [1.165, 1.54) is 5.56 Å². The van der Waals surface area contributed by atoms with E-state index < -0.39 is 0 Å². The molecular weight excluding hydrogens is 421 g/mol. The molecule has 1 aliphatic carbocycles. The first-order chi connectivity index (χ1) is 14.6. The smallest absolute Gasteiger partial charge is 0.213 e. The number of fused-ring (bicyclic) bond motifs is 3. The molecule has 3 heterocycles. The molecule has 1 aliphatic heterocycles. The Labute approximate surface area is 185 Å². The number of ether oxygens (including phenoxy) is 1. The first kappa shape index (κ1) is 19.8. The number of nitrogens with zero attached hydrogens (tertiary/aromatic N) is 5. The van der Waals surface area contributed by atoms with Gasteiger partial charge in [0, 0.05) is 29.7 Å². The third-order valence-corrected chi connectivity index (χ3v) is 6.37. The molecule has 5 rings (SSSR count). The van der Waals surface area contributed by atoms with E-state index in [2.05, 4.69) is 43.8 Å². The lowest BCUT2D eigenvalue weighted by Gasteiger charge is -2.28. The maximum Gasteiger partial charge on any atom is 0.213 e. The van der Waals surface area contributed by atoms with Crippen molar-refractivity contribution in [3.63, 3.8) is 0 Å². The zero-order valence-electron chi connectivity index (χ0n) is 16.8. The Kier molecular flexibility index (Phi) is 5.39. The molecule has 1 fully saturated rings. The maximum atomic E-state index is 6.27. The summed E-state index contributed by atoms with van der Waals surface area (Å²) in [7, 11) is 2.10. The van der Waals surface area contributed by atoms with Crippen molar-refractivity contribution in [1.82, 2.24) is 24.6 Å². The van der Waals surface area contributed by atoms with Crippen molar-refractivity contribution in [3.05, 3.63) is 63.8 Å². The van der Waals surface area contributed by atoms with E-state index >= 15 is 0 Å². The summed E-state index contributed by atoms with van der Waals surface area (Å²) in [6, 6.07) is 9.72. The molecule has 0 atom stereocenters. The van der Waals surface area contributed by atoms with E-state index in [1.54, 1.807) is 6.20 Å². The minimum atomic E-state index is 0.165. The largest absolute Gasteiger partial charge is 0.474 e. The molecular formula is C22H23Cl2N5O. The SMILES string of the molecule is CN1Cc2cc(Cl)ccc2-n2c(nnc2C2CCC(Oc3ccc(Cl)cn3)CC2)C1. The molecule has 30 heavy (non-hydrogen) atoms. The molecule has 156 valence electrons. The summed E-state index contributed by atoms with van der Waals surface area (Å²) >= 11 is 12.2. The molecule has 0 radical (unpaired) electrons. The van der Waals surface area contributed by atoms with E-state index in [0.29, 0.717) is 16.8 Å². The summed E-state index contributed by atoms with van der Waals surface area (Å²) in [5.74, 6) is 3.02. The molecule has 0 N–H and O–H groups in total. The number of hydrogen-bond acceptors (Lipinski definition) is 5. The zero-order chi connectivity index (χ0) is 20.7. The molecule has 3 aromatic rings. The normalized spacial score (nSPS) is 21.6. The van der Waals surface area contributed by atoms with Gasteiger partial charge in [0.1, 0.15) is 11.9 Å². The molecule has 0 unspecified atom stereocenters. The van der Waals surface area contributed by atoms with Crippen molar-refractivity contribution in [1.29, 1.82) is 0 Å². The summed E-state index contributed by atoms with van der Waals surface area (Å²) in [5.41, 5.74) is 2.35. The van der Waals surface area contributed by atoms with Gasteiger partial charge in [-0.2, -0.15) is 0 Å². The van der Waals surface area contributed by atoms with Crippen LogP contribution in [0, 0.1) is 0 Å². The molecule has 6 nitrogen and oxygen atoms in total. The van der Waals surface area contributed by atoms with Gasteiger partial charge in [-0.15, -0.1) is 10.2 Å². The lowest BCUT2D eigenvalue weighted by Crippen LogP contribution is -2.25. The van der Waals surface area contributed by atoms with E-state index in [9.17, 15) is 0 Å². The number of aromatic nitrogens is 4. The third kappa shape index (κ3) is 3.92. The molecule has 0 amide bonds. The molecule has 0 spiro atoms. The Balaban J connectivity index is 1.36. The minimum Gasteiger partial charge on any atom is -0.474 e. The molecule has 2 aromatic heterocycles. The van der Waals surface area contributed by atoms with Crippen LogP contribution in [0.25, 0.3) is 5.69 Å². The highest BCUT2D eigenvalue weighted by Crippen LogP contribution is 2.36.